The van der Waals surface area contributed by atoms with E-state index in [0.717, 1.165) is 24.7 Å². The minimum Gasteiger partial charge on any atom is -0.493 e. The smallest absolute Gasteiger partial charge is 0.234 e. The Labute approximate surface area is 117 Å². The van der Waals surface area contributed by atoms with Crippen LogP contribution in [0.3, 0.4) is 0 Å². The van der Waals surface area contributed by atoms with Crippen molar-refractivity contribution in [1.29, 1.82) is 0 Å². The van der Waals surface area contributed by atoms with Crippen LogP contribution >= 0.6 is 0 Å². The summed E-state index contributed by atoms with van der Waals surface area (Å²) >= 11 is 0. The van der Waals surface area contributed by atoms with Gasteiger partial charge in [-0.05, 0) is 36.4 Å². The third-order valence-electron chi connectivity index (χ3n) is 2.54. The molecule has 1 N–H and O–H groups in total. The average molecular weight is 278 g/mol. The van der Waals surface area contributed by atoms with Crippen LogP contribution in [0.25, 0.3) is 0 Å². The predicted octanol–water partition coefficient (Wildman–Crippen LogP) is 2.14. The van der Waals surface area contributed by atoms with E-state index >= 15 is 0 Å². The Morgan fingerprint density at radius 3 is 2.65 bits per heavy atom. The van der Waals surface area contributed by atoms with Crippen molar-refractivity contribution in [3.8, 4) is 11.5 Å². The van der Waals surface area contributed by atoms with Crippen LogP contribution in [0.4, 0.5) is 0 Å². The molecule has 0 fully saturated rings. The van der Waals surface area contributed by atoms with Crippen LogP contribution < -0.4 is 14.8 Å². The molecule has 0 heterocycles. The fourth-order valence-corrected chi connectivity index (χ4v) is 1.58. The quantitative estimate of drug-likeness (QED) is 0.341. The van der Waals surface area contributed by atoms with E-state index < -0.39 is 4.92 Å². The van der Waals surface area contributed by atoms with E-state index in [1.807, 2.05) is 18.2 Å². The van der Waals surface area contributed by atoms with Crippen molar-refractivity contribution >= 4 is 0 Å². The van der Waals surface area contributed by atoms with Crippen molar-refractivity contribution in [3.63, 3.8) is 0 Å². The van der Waals surface area contributed by atoms with E-state index in [1.165, 1.54) is 6.08 Å². The molecule has 0 radical (unpaired) electrons. The molecule has 108 valence electrons. The molecule has 0 aliphatic carbocycles. The van der Waals surface area contributed by atoms with E-state index in [2.05, 4.69) is 5.32 Å². The normalized spacial score (nSPS) is 10.9. The highest BCUT2D eigenvalue weighted by Gasteiger charge is 2.03. The van der Waals surface area contributed by atoms with Crippen LogP contribution in [0.5, 0.6) is 11.5 Å². The molecule has 0 spiro atoms. The van der Waals surface area contributed by atoms with Crippen molar-refractivity contribution in [2.24, 2.45) is 0 Å². The Hall–Kier alpha value is -2.50. The van der Waals surface area contributed by atoms with Gasteiger partial charge in [-0.25, -0.2) is 0 Å². The number of methoxy groups -OCH3 is 2. The van der Waals surface area contributed by atoms with Gasteiger partial charge in [0, 0.05) is 12.6 Å². The van der Waals surface area contributed by atoms with Crippen molar-refractivity contribution in [2.45, 2.75) is 6.42 Å². The number of rotatable bonds is 8. The summed E-state index contributed by atoms with van der Waals surface area (Å²) in [6.07, 6.45) is 6.30. The van der Waals surface area contributed by atoms with Gasteiger partial charge in [-0.15, -0.1) is 0 Å². The fourth-order valence-electron chi connectivity index (χ4n) is 1.58. The summed E-state index contributed by atoms with van der Waals surface area (Å²) in [7, 11) is 3.20. The maximum Gasteiger partial charge on any atom is 0.234 e. The molecule has 0 aromatic heterocycles. The number of hydrogen-bond donors (Lipinski definition) is 1. The van der Waals surface area contributed by atoms with Gasteiger partial charge in [0.2, 0.25) is 6.20 Å². The number of nitro groups is 1. The zero-order valence-electron chi connectivity index (χ0n) is 11.5. The van der Waals surface area contributed by atoms with Crippen LogP contribution in [-0.2, 0) is 6.42 Å². The van der Waals surface area contributed by atoms with Gasteiger partial charge < -0.3 is 14.8 Å². The third-order valence-corrected chi connectivity index (χ3v) is 2.54. The highest BCUT2D eigenvalue weighted by molar-refractivity contribution is 5.42. The van der Waals surface area contributed by atoms with Gasteiger partial charge in [-0.1, -0.05) is 6.07 Å². The summed E-state index contributed by atoms with van der Waals surface area (Å²) in [5.74, 6) is 1.41. The second kappa shape index (κ2) is 8.58. The summed E-state index contributed by atoms with van der Waals surface area (Å²) in [5, 5.41) is 13.1. The molecule has 1 aromatic carbocycles. The topological polar surface area (TPSA) is 73.6 Å². The second-order valence-electron chi connectivity index (χ2n) is 3.88. The molecular formula is C14H18N2O4. The predicted molar refractivity (Wildman–Crippen MR) is 76.5 cm³/mol. The van der Waals surface area contributed by atoms with Crippen LogP contribution in [0, 0.1) is 10.1 Å². The average Bonchev–Trinajstić information content (AvgIpc) is 2.45. The number of hydrogen-bond acceptors (Lipinski definition) is 5. The van der Waals surface area contributed by atoms with Gasteiger partial charge in [0.25, 0.3) is 0 Å². The molecule has 0 saturated heterocycles. The second-order valence-corrected chi connectivity index (χ2v) is 3.88. The molecule has 20 heavy (non-hydrogen) atoms. The highest BCUT2D eigenvalue weighted by Crippen LogP contribution is 2.27. The summed E-state index contributed by atoms with van der Waals surface area (Å²) in [6.45, 7) is 0.721. The largest absolute Gasteiger partial charge is 0.493 e. The Bertz CT molecular complexity index is 498. The first-order valence-corrected chi connectivity index (χ1v) is 6.08. The molecule has 6 heteroatoms. The van der Waals surface area contributed by atoms with Crippen molar-refractivity contribution in [1.82, 2.24) is 5.32 Å². The van der Waals surface area contributed by atoms with E-state index in [9.17, 15) is 10.1 Å². The van der Waals surface area contributed by atoms with E-state index in [1.54, 1.807) is 26.5 Å². The van der Waals surface area contributed by atoms with Gasteiger partial charge in [-0.2, -0.15) is 0 Å². The Balaban J connectivity index is 2.40. The first kappa shape index (κ1) is 15.6. The van der Waals surface area contributed by atoms with Crippen LogP contribution in [0.1, 0.15) is 5.56 Å². The Morgan fingerprint density at radius 2 is 2.00 bits per heavy atom. The lowest BCUT2D eigenvalue weighted by Crippen LogP contribution is -2.09. The molecule has 0 unspecified atom stereocenters. The standard InChI is InChI=1S/C14H18N2O4/c1-19-13-6-5-12(11-14(13)20-2)7-9-15-8-3-4-10-16(17)18/h3-6,8,10-11,15H,7,9H2,1-2H3/b8-3+,10-4+. The lowest BCUT2D eigenvalue weighted by atomic mass is 10.1. The summed E-state index contributed by atoms with van der Waals surface area (Å²) in [6, 6.07) is 5.76. The van der Waals surface area contributed by atoms with Crippen molar-refractivity contribution in [2.75, 3.05) is 20.8 Å². The fraction of sp³-hybridized carbons (Fsp3) is 0.286. The van der Waals surface area contributed by atoms with Gasteiger partial charge in [0.1, 0.15) is 0 Å². The van der Waals surface area contributed by atoms with Crippen LogP contribution in [0.15, 0.2) is 42.8 Å². The first-order valence-electron chi connectivity index (χ1n) is 6.08. The van der Waals surface area contributed by atoms with Crippen LogP contribution in [-0.4, -0.2) is 25.7 Å². The molecule has 0 aliphatic heterocycles. The maximum absolute atomic E-state index is 10.0. The summed E-state index contributed by atoms with van der Waals surface area (Å²) < 4.78 is 10.4. The lowest BCUT2D eigenvalue weighted by Gasteiger charge is -2.09. The zero-order valence-corrected chi connectivity index (χ0v) is 11.5. The van der Waals surface area contributed by atoms with Gasteiger partial charge in [0.15, 0.2) is 11.5 Å². The first-order chi connectivity index (χ1) is 9.67. The Morgan fingerprint density at radius 1 is 1.25 bits per heavy atom. The minimum absolute atomic E-state index is 0.506. The zero-order chi connectivity index (χ0) is 14.8. The third kappa shape index (κ3) is 5.43. The molecule has 0 aliphatic rings. The molecule has 1 rings (SSSR count). The van der Waals surface area contributed by atoms with E-state index in [0.29, 0.717) is 11.5 Å². The molecule has 0 atom stereocenters. The molecule has 0 saturated carbocycles. The van der Waals surface area contributed by atoms with Crippen molar-refractivity contribution < 1.29 is 14.4 Å². The van der Waals surface area contributed by atoms with E-state index in [4.69, 9.17) is 9.47 Å². The number of allylic oxidation sites excluding steroid dienone is 2. The number of benzene rings is 1. The molecular weight excluding hydrogens is 260 g/mol. The maximum atomic E-state index is 10.0. The number of nitrogens with zero attached hydrogens (tertiary/aromatic N) is 1. The lowest BCUT2D eigenvalue weighted by molar-refractivity contribution is -0.402. The van der Waals surface area contributed by atoms with Gasteiger partial charge in [-0.3, -0.25) is 10.1 Å². The van der Waals surface area contributed by atoms with Gasteiger partial charge >= 0.3 is 0 Å². The summed E-state index contributed by atoms with van der Waals surface area (Å²) in [4.78, 5) is 9.52. The SMILES string of the molecule is COc1ccc(CCN/C=C/C=C/[N+](=O)[O-])cc1OC. The molecule has 6 nitrogen and oxygen atoms in total. The Kier molecular flexibility index (Phi) is 6.67. The van der Waals surface area contributed by atoms with Crippen molar-refractivity contribution in [3.05, 3.63) is 58.4 Å². The summed E-state index contributed by atoms with van der Waals surface area (Å²) in [5.41, 5.74) is 1.12. The molecule has 1 aromatic rings. The van der Waals surface area contributed by atoms with Crippen LogP contribution in [0.2, 0.25) is 0 Å². The number of ether oxygens (including phenoxy) is 2. The number of nitrogens with one attached hydrogen (secondary N) is 1. The highest BCUT2D eigenvalue weighted by atomic mass is 16.6. The molecule has 0 bridgehead atoms. The van der Waals surface area contributed by atoms with Gasteiger partial charge in [0.05, 0.1) is 19.1 Å². The monoisotopic (exact) mass is 278 g/mol. The molecule has 0 amide bonds. The van der Waals surface area contributed by atoms with E-state index in [-0.39, 0.29) is 0 Å². The minimum atomic E-state index is -0.506.